The summed E-state index contributed by atoms with van der Waals surface area (Å²) >= 11 is 0. The first-order chi connectivity index (χ1) is 9.13. The van der Waals surface area contributed by atoms with Gasteiger partial charge in [-0.05, 0) is 25.7 Å². The summed E-state index contributed by atoms with van der Waals surface area (Å²) in [6, 6.07) is 0.476. The first-order valence-electron chi connectivity index (χ1n) is 6.93. The maximum atomic E-state index is 11.5. The molecule has 0 aliphatic carbocycles. The van der Waals surface area contributed by atoms with E-state index in [-0.39, 0.29) is 24.0 Å². The average molecular weight is 267 g/mol. The number of rotatable bonds is 3. The van der Waals surface area contributed by atoms with Crippen molar-refractivity contribution in [1.82, 2.24) is 10.7 Å². The topological polar surface area (TPSA) is 79.8 Å². The SMILES string of the molecule is CC(=O)OC1=NNC(CCC2CCCCC(=O)N2)C1. The first kappa shape index (κ1) is 13.8. The molecule has 2 atom stereocenters. The lowest BCUT2D eigenvalue weighted by Crippen LogP contribution is -2.34. The van der Waals surface area contributed by atoms with E-state index in [1.165, 1.54) is 6.92 Å². The van der Waals surface area contributed by atoms with Gasteiger partial charge in [0, 0.05) is 25.8 Å². The van der Waals surface area contributed by atoms with E-state index >= 15 is 0 Å². The Morgan fingerprint density at radius 2 is 2.16 bits per heavy atom. The number of hydrogen-bond donors (Lipinski definition) is 2. The highest BCUT2D eigenvalue weighted by molar-refractivity contribution is 5.88. The Hall–Kier alpha value is -1.59. The second-order valence-electron chi connectivity index (χ2n) is 5.22. The number of amides is 1. The smallest absolute Gasteiger partial charge is 0.309 e. The van der Waals surface area contributed by atoms with Crippen LogP contribution >= 0.6 is 0 Å². The molecule has 2 heterocycles. The fourth-order valence-electron chi connectivity index (χ4n) is 2.53. The fourth-order valence-corrected chi connectivity index (χ4v) is 2.53. The second kappa shape index (κ2) is 6.54. The number of esters is 1. The van der Waals surface area contributed by atoms with Crippen LogP contribution in [0.15, 0.2) is 5.10 Å². The predicted molar refractivity (Wildman–Crippen MR) is 70.4 cm³/mol. The Kier molecular flexibility index (Phi) is 4.76. The number of hydrazone groups is 1. The zero-order valence-corrected chi connectivity index (χ0v) is 11.3. The lowest BCUT2D eigenvalue weighted by molar-refractivity contribution is -0.133. The van der Waals surface area contributed by atoms with E-state index in [2.05, 4.69) is 15.8 Å². The minimum atomic E-state index is -0.336. The van der Waals surface area contributed by atoms with Crippen LogP contribution in [0.1, 0.15) is 51.9 Å². The quantitative estimate of drug-likeness (QED) is 0.749. The normalized spacial score (nSPS) is 27.0. The first-order valence-corrected chi connectivity index (χ1v) is 6.93. The standard InChI is InChI=1S/C13H21N3O3/c1-9(17)19-13-8-11(15-16-13)7-6-10-4-2-3-5-12(18)14-10/h10-11,15H,2-8H2,1H3,(H,14,18). The summed E-state index contributed by atoms with van der Waals surface area (Å²) < 4.78 is 4.95. The van der Waals surface area contributed by atoms with Crippen LogP contribution in [0.25, 0.3) is 0 Å². The molecular weight excluding hydrogens is 246 g/mol. The minimum absolute atomic E-state index is 0.165. The summed E-state index contributed by atoms with van der Waals surface area (Å²) in [7, 11) is 0. The van der Waals surface area contributed by atoms with Gasteiger partial charge in [0.15, 0.2) is 0 Å². The molecular formula is C13H21N3O3. The van der Waals surface area contributed by atoms with Crippen molar-refractivity contribution in [3.05, 3.63) is 0 Å². The van der Waals surface area contributed by atoms with E-state index in [0.29, 0.717) is 18.7 Å². The molecule has 0 bridgehead atoms. The van der Waals surface area contributed by atoms with Crippen molar-refractivity contribution in [3.8, 4) is 0 Å². The van der Waals surface area contributed by atoms with Crippen LogP contribution in [0.2, 0.25) is 0 Å². The lowest BCUT2D eigenvalue weighted by Gasteiger charge is -2.17. The highest BCUT2D eigenvalue weighted by Crippen LogP contribution is 2.17. The Morgan fingerprint density at radius 1 is 1.37 bits per heavy atom. The van der Waals surface area contributed by atoms with Gasteiger partial charge in [0.1, 0.15) is 0 Å². The summed E-state index contributed by atoms with van der Waals surface area (Å²) in [5.41, 5.74) is 2.98. The fraction of sp³-hybridized carbons (Fsp3) is 0.769. The van der Waals surface area contributed by atoms with Gasteiger partial charge in [-0.3, -0.25) is 9.59 Å². The molecule has 2 rings (SSSR count). The van der Waals surface area contributed by atoms with E-state index in [9.17, 15) is 9.59 Å². The van der Waals surface area contributed by atoms with E-state index in [1.54, 1.807) is 0 Å². The van der Waals surface area contributed by atoms with Crippen molar-refractivity contribution in [2.75, 3.05) is 0 Å². The molecule has 1 saturated heterocycles. The second-order valence-corrected chi connectivity index (χ2v) is 5.22. The van der Waals surface area contributed by atoms with Crippen LogP contribution in [-0.2, 0) is 14.3 Å². The van der Waals surface area contributed by atoms with Crippen molar-refractivity contribution >= 4 is 17.8 Å². The molecule has 0 saturated carbocycles. The van der Waals surface area contributed by atoms with Gasteiger partial charge in [0.05, 0.1) is 6.04 Å². The van der Waals surface area contributed by atoms with E-state index in [0.717, 1.165) is 32.1 Å². The molecule has 2 N–H and O–H groups in total. The van der Waals surface area contributed by atoms with Crippen LogP contribution in [0.3, 0.4) is 0 Å². The predicted octanol–water partition coefficient (Wildman–Crippen LogP) is 1.06. The summed E-state index contributed by atoms with van der Waals surface area (Å²) in [5, 5.41) is 7.05. The molecule has 19 heavy (non-hydrogen) atoms. The van der Waals surface area contributed by atoms with Crippen LogP contribution in [0, 0.1) is 0 Å². The van der Waals surface area contributed by atoms with Gasteiger partial charge in [-0.2, -0.15) is 0 Å². The lowest BCUT2D eigenvalue weighted by atomic mass is 10.0. The van der Waals surface area contributed by atoms with Crippen LogP contribution in [0.4, 0.5) is 0 Å². The molecule has 106 valence electrons. The Balaban J connectivity index is 1.69. The maximum Gasteiger partial charge on any atom is 0.309 e. The molecule has 2 aliphatic heterocycles. The zero-order chi connectivity index (χ0) is 13.7. The third kappa shape index (κ3) is 4.54. The summed E-state index contributed by atoms with van der Waals surface area (Å²) in [4.78, 5) is 22.3. The average Bonchev–Trinajstić information content (AvgIpc) is 2.67. The number of nitrogens with one attached hydrogen (secondary N) is 2. The van der Waals surface area contributed by atoms with Crippen molar-refractivity contribution < 1.29 is 14.3 Å². The third-order valence-electron chi connectivity index (χ3n) is 3.49. The number of ether oxygens (including phenoxy) is 1. The van der Waals surface area contributed by atoms with Gasteiger partial charge in [0.2, 0.25) is 11.8 Å². The zero-order valence-electron chi connectivity index (χ0n) is 11.3. The maximum absolute atomic E-state index is 11.5. The molecule has 1 fully saturated rings. The van der Waals surface area contributed by atoms with E-state index < -0.39 is 0 Å². The van der Waals surface area contributed by atoms with Gasteiger partial charge in [-0.25, -0.2) is 0 Å². The van der Waals surface area contributed by atoms with Crippen LogP contribution in [0.5, 0.6) is 0 Å². The van der Waals surface area contributed by atoms with Crippen molar-refractivity contribution in [3.63, 3.8) is 0 Å². The molecule has 2 unspecified atom stereocenters. The highest BCUT2D eigenvalue weighted by Gasteiger charge is 2.23. The number of carbonyl (C=O) groups is 2. The van der Waals surface area contributed by atoms with Gasteiger partial charge in [0.25, 0.3) is 0 Å². The van der Waals surface area contributed by atoms with E-state index in [4.69, 9.17) is 4.74 Å². The summed E-state index contributed by atoms with van der Waals surface area (Å²) in [6.07, 6.45) is 6.29. The number of nitrogens with zero attached hydrogens (tertiary/aromatic N) is 1. The molecule has 0 radical (unpaired) electrons. The van der Waals surface area contributed by atoms with E-state index in [1.807, 2.05) is 0 Å². The Morgan fingerprint density at radius 3 is 2.95 bits per heavy atom. The Labute approximate surface area is 113 Å². The minimum Gasteiger partial charge on any atom is -0.410 e. The molecule has 1 amide bonds. The summed E-state index contributed by atoms with van der Waals surface area (Å²) in [6.45, 7) is 1.37. The monoisotopic (exact) mass is 267 g/mol. The van der Waals surface area contributed by atoms with Crippen molar-refractivity contribution in [2.45, 2.75) is 64.0 Å². The number of hydrogen-bond acceptors (Lipinski definition) is 5. The molecule has 0 aromatic heterocycles. The molecule has 2 aliphatic rings. The molecule has 6 nitrogen and oxygen atoms in total. The van der Waals surface area contributed by atoms with Gasteiger partial charge >= 0.3 is 5.97 Å². The molecule has 6 heteroatoms. The van der Waals surface area contributed by atoms with Gasteiger partial charge < -0.3 is 15.5 Å². The Bertz CT molecular complexity index is 381. The molecule has 0 spiro atoms. The van der Waals surface area contributed by atoms with Crippen LogP contribution in [-0.4, -0.2) is 29.9 Å². The molecule has 0 aromatic rings. The van der Waals surface area contributed by atoms with Crippen molar-refractivity contribution in [2.24, 2.45) is 5.10 Å². The van der Waals surface area contributed by atoms with Crippen LogP contribution < -0.4 is 10.7 Å². The number of carbonyl (C=O) groups excluding carboxylic acids is 2. The van der Waals surface area contributed by atoms with Crippen molar-refractivity contribution in [1.29, 1.82) is 0 Å². The highest BCUT2D eigenvalue weighted by atomic mass is 16.5. The summed E-state index contributed by atoms with van der Waals surface area (Å²) in [5.74, 6) is 0.290. The molecule has 0 aromatic carbocycles. The van der Waals surface area contributed by atoms with Gasteiger partial charge in [-0.15, -0.1) is 5.10 Å². The largest absolute Gasteiger partial charge is 0.410 e. The van der Waals surface area contributed by atoms with Gasteiger partial charge in [-0.1, -0.05) is 6.42 Å². The third-order valence-corrected chi connectivity index (χ3v) is 3.49.